The van der Waals surface area contributed by atoms with E-state index in [1.165, 1.54) is 6.07 Å². The number of hydrogen-bond acceptors (Lipinski definition) is 1. The number of unbranched alkanes of at least 4 members (excludes halogenated alkanes) is 2. The number of nitrogens with zero attached hydrogens (tertiary/aromatic N) is 2. The van der Waals surface area contributed by atoms with Gasteiger partial charge in [0.05, 0.1) is 6.54 Å². The predicted octanol–water partition coefficient (Wildman–Crippen LogP) is 4.99. The van der Waals surface area contributed by atoms with Crippen molar-refractivity contribution in [2.24, 2.45) is 0 Å². The molecule has 1 heterocycles. The standard InChI is InChI=1S/C21H29FN2O/c1-3-5-12-21(25)24(13-6-4-2)17-20-11-8-14-23(20)16-18-9-7-10-19(22)15-18/h7-11,14-15H,3-6,12-13,16-17H2,1-2H3. The van der Waals surface area contributed by atoms with Gasteiger partial charge in [0.2, 0.25) is 5.91 Å². The molecule has 3 nitrogen and oxygen atoms in total. The molecular formula is C21H29FN2O. The van der Waals surface area contributed by atoms with E-state index in [-0.39, 0.29) is 11.7 Å². The third-order valence-corrected chi connectivity index (χ3v) is 4.40. The topological polar surface area (TPSA) is 25.2 Å². The summed E-state index contributed by atoms with van der Waals surface area (Å²) in [6, 6.07) is 10.7. The fraction of sp³-hybridized carbons (Fsp3) is 0.476. The molecule has 1 amide bonds. The maximum absolute atomic E-state index is 13.4. The predicted molar refractivity (Wildman–Crippen MR) is 99.8 cm³/mol. The zero-order valence-electron chi connectivity index (χ0n) is 15.4. The number of amides is 1. The average molecular weight is 344 g/mol. The highest BCUT2D eigenvalue weighted by Gasteiger charge is 2.15. The Morgan fingerprint density at radius 2 is 1.92 bits per heavy atom. The molecule has 25 heavy (non-hydrogen) atoms. The summed E-state index contributed by atoms with van der Waals surface area (Å²) in [5, 5.41) is 0. The van der Waals surface area contributed by atoms with Gasteiger partial charge in [-0.2, -0.15) is 0 Å². The van der Waals surface area contributed by atoms with Crippen molar-refractivity contribution in [3.8, 4) is 0 Å². The molecule has 0 aliphatic carbocycles. The first-order valence-electron chi connectivity index (χ1n) is 9.30. The maximum Gasteiger partial charge on any atom is 0.222 e. The van der Waals surface area contributed by atoms with Crippen LogP contribution in [-0.2, 0) is 17.9 Å². The van der Waals surface area contributed by atoms with Gasteiger partial charge in [-0.3, -0.25) is 4.79 Å². The Hall–Kier alpha value is -2.10. The van der Waals surface area contributed by atoms with Gasteiger partial charge in [0.15, 0.2) is 0 Å². The smallest absolute Gasteiger partial charge is 0.222 e. The Kier molecular flexibility index (Phi) is 7.71. The molecule has 0 unspecified atom stereocenters. The molecule has 0 atom stereocenters. The molecule has 0 N–H and O–H groups in total. The van der Waals surface area contributed by atoms with E-state index in [4.69, 9.17) is 0 Å². The van der Waals surface area contributed by atoms with E-state index >= 15 is 0 Å². The molecule has 1 aromatic carbocycles. The SMILES string of the molecule is CCCCC(=O)N(CCCC)Cc1cccn1Cc1cccc(F)c1. The molecule has 0 aliphatic rings. The molecule has 0 spiro atoms. The third-order valence-electron chi connectivity index (χ3n) is 4.40. The number of halogens is 1. The second kappa shape index (κ2) is 10.0. The monoisotopic (exact) mass is 344 g/mol. The van der Waals surface area contributed by atoms with Crippen molar-refractivity contribution in [3.63, 3.8) is 0 Å². The molecule has 0 saturated heterocycles. The van der Waals surface area contributed by atoms with Crippen LogP contribution in [-0.4, -0.2) is 21.9 Å². The van der Waals surface area contributed by atoms with Gasteiger partial charge >= 0.3 is 0 Å². The van der Waals surface area contributed by atoms with Crippen LogP contribution in [0.5, 0.6) is 0 Å². The van der Waals surface area contributed by atoms with Gasteiger partial charge < -0.3 is 9.47 Å². The van der Waals surface area contributed by atoms with Crippen molar-refractivity contribution in [3.05, 3.63) is 59.7 Å². The first kappa shape index (κ1) is 19.2. The van der Waals surface area contributed by atoms with E-state index in [0.717, 1.165) is 43.5 Å². The quantitative estimate of drug-likeness (QED) is 0.596. The van der Waals surface area contributed by atoms with Crippen LogP contribution in [0.4, 0.5) is 4.39 Å². The highest BCUT2D eigenvalue weighted by atomic mass is 19.1. The second-order valence-electron chi connectivity index (χ2n) is 6.53. The van der Waals surface area contributed by atoms with Crippen LogP contribution in [0.15, 0.2) is 42.6 Å². The van der Waals surface area contributed by atoms with Crippen LogP contribution in [0.1, 0.15) is 57.2 Å². The lowest BCUT2D eigenvalue weighted by atomic mass is 10.2. The molecule has 0 radical (unpaired) electrons. The molecule has 2 aromatic rings. The molecule has 0 saturated carbocycles. The van der Waals surface area contributed by atoms with Gasteiger partial charge in [-0.25, -0.2) is 4.39 Å². The first-order chi connectivity index (χ1) is 12.1. The van der Waals surface area contributed by atoms with E-state index in [0.29, 0.717) is 19.5 Å². The van der Waals surface area contributed by atoms with Gasteiger partial charge in [0.1, 0.15) is 5.82 Å². The van der Waals surface area contributed by atoms with Gasteiger partial charge in [0.25, 0.3) is 0 Å². The number of benzene rings is 1. The van der Waals surface area contributed by atoms with E-state index < -0.39 is 0 Å². The van der Waals surface area contributed by atoms with Gasteiger partial charge in [0, 0.05) is 31.4 Å². The lowest BCUT2D eigenvalue weighted by Gasteiger charge is -2.23. The van der Waals surface area contributed by atoms with Crippen molar-refractivity contribution in [2.45, 2.75) is 59.0 Å². The summed E-state index contributed by atoms with van der Waals surface area (Å²) >= 11 is 0. The Bertz CT molecular complexity index is 665. The summed E-state index contributed by atoms with van der Waals surface area (Å²) in [4.78, 5) is 14.5. The lowest BCUT2D eigenvalue weighted by molar-refractivity contribution is -0.132. The maximum atomic E-state index is 13.4. The molecule has 0 aliphatic heterocycles. The van der Waals surface area contributed by atoms with Gasteiger partial charge in [-0.05, 0) is 42.7 Å². The van der Waals surface area contributed by atoms with Crippen molar-refractivity contribution >= 4 is 5.91 Å². The highest BCUT2D eigenvalue weighted by molar-refractivity contribution is 5.76. The van der Waals surface area contributed by atoms with Crippen LogP contribution in [0, 0.1) is 5.82 Å². The largest absolute Gasteiger partial charge is 0.345 e. The Labute approximate surface area is 150 Å². The van der Waals surface area contributed by atoms with E-state index in [1.807, 2.05) is 29.3 Å². The fourth-order valence-corrected chi connectivity index (χ4v) is 2.90. The minimum atomic E-state index is -0.217. The number of rotatable bonds is 10. The minimum Gasteiger partial charge on any atom is -0.345 e. The Balaban J connectivity index is 2.08. The van der Waals surface area contributed by atoms with Crippen LogP contribution in [0.25, 0.3) is 0 Å². The Morgan fingerprint density at radius 3 is 2.64 bits per heavy atom. The Morgan fingerprint density at radius 1 is 1.12 bits per heavy atom. The zero-order valence-corrected chi connectivity index (χ0v) is 15.4. The molecule has 2 rings (SSSR count). The van der Waals surface area contributed by atoms with Crippen LogP contribution in [0.3, 0.4) is 0 Å². The minimum absolute atomic E-state index is 0.217. The van der Waals surface area contributed by atoms with E-state index in [2.05, 4.69) is 18.4 Å². The number of hydrogen-bond donors (Lipinski definition) is 0. The normalized spacial score (nSPS) is 10.8. The first-order valence-corrected chi connectivity index (χ1v) is 9.30. The summed E-state index contributed by atoms with van der Waals surface area (Å²) in [6.07, 6.45) is 6.67. The van der Waals surface area contributed by atoms with Crippen LogP contribution in [0.2, 0.25) is 0 Å². The molecule has 0 fully saturated rings. The molecule has 1 aromatic heterocycles. The van der Waals surface area contributed by atoms with E-state index in [1.54, 1.807) is 12.1 Å². The number of aromatic nitrogens is 1. The summed E-state index contributed by atoms with van der Waals surface area (Å²) in [6.45, 7) is 6.27. The summed E-state index contributed by atoms with van der Waals surface area (Å²) in [7, 11) is 0. The molecule has 136 valence electrons. The van der Waals surface area contributed by atoms with E-state index in [9.17, 15) is 9.18 Å². The summed E-state index contributed by atoms with van der Waals surface area (Å²) in [5.74, 6) is 0.0133. The average Bonchev–Trinajstić information content (AvgIpc) is 3.03. The number of carbonyl (C=O) groups excluding carboxylic acids is 1. The molecule has 4 heteroatoms. The fourth-order valence-electron chi connectivity index (χ4n) is 2.90. The number of carbonyl (C=O) groups is 1. The van der Waals surface area contributed by atoms with Crippen molar-refractivity contribution in [2.75, 3.05) is 6.54 Å². The van der Waals surface area contributed by atoms with Crippen LogP contribution >= 0.6 is 0 Å². The van der Waals surface area contributed by atoms with Gasteiger partial charge in [-0.1, -0.05) is 38.8 Å². The molecule has 0 bridgehead atoms. The van der Waals surface area contributed by atoms with Gasteiger partial charge in [-0.15, -0.1) is 0 Å². The summed E-state index contributed by atoms with van der Waals surface area (Å²) < 4.78 is 15.5. The van der Waals surface area contributed by atoms with Crippen molar-refractivity contribution < 1.29 is 9.18 Å². The molecular weight excluding hydrogens is 315 g/mol. The lowest BCUT2D eigenvalue weighted by Crippen LogP contribution is -2.32. The van der Waals surface area contributed by atoms with Crippen LogP contribution < -0.4 is 0 Å². The third kappa shape index (κ3) is 6.04. The highest BCUT2D eigenvalue weighted by Crippen LogP contribution is 2.14. The zero-order chi connectivity index (χ0) is 18.1. The van der Waals surface area contributed by atoms with Crippen molar-refractivity contribution in [1.29, 1.82) is 0 Å². The summed E-state index contributed by atoms with van der Waals surface area (Å²) in [5.41, 5.74) is 2.01. The second-order valence-corrected chi connectivity index (χ2v) is 6.53. The van der Waals surface area contributed by atoms with Crippen molar-refractivity contribution in [1.82, 2.24) is 9.47 Å².